The van der Waals surface area contributed by atoms with Gasteiger partial charge in [0.25, 0.3) is 0 Å². The molecule has 9 nitrogen and oxygen atoms in total. The van der Waals surface area contributed by atoms with Crippen molar-refractivity contribution in [2.45, 2.75) is 29.2 Å². The number of halogens is 2. The SMILES string of the molecule is COc1cc([C@H]2c3sc(=O)[nH]c3S[C@H]3[C@@H]4C[C@H]([C@H]5C(=O)N(CC(=O)O)C(=O)[C@H]45)[C@H]23)ccc1COc1ccc(Cl)cc1Cl. The van der Waals surface area contributed by atoms with Gasteiger partial charge < -0.3 is 19.6 Å². The summed E-state index contributed by atoms with van der Waals surface area (Å²) in [5, 5.41) is 11.0. The number of thioether (sulfide) groups is 1. The molecular weight excluding hydrogens is 623 g/mol. The van der Waals surface area contributed by atoms with E-state index in [4.69, 9.17) is 32.7 Å². The Bertz CT molecular complexity index is 1710. The van der Waals surface area contributed by atoms with Gasteiger partial charge in [-0.15, -0.1) is 11.8 Å². The van der Waals surface area contributed by atoms with Gasteiger partial charge in [0.15, 0.2) is 0 Å². The molecule has 3 fully saturated rings. The number of fused-ring (bicyclic) bond motifs is 9. The van der Waals surface area contributed by atoms with Crippen LogP contribution in [0.3, 0.4) is 0 Å². The molecule has 2 bridgehead atoms. The maximum absolute atomic E-state index is 13.4. The average Bonchev–Trinajstić information content (AvgIpc) is 3.68. The van der Waals surface area contributed by atoms with Gasteiger partial charge in [-0.05, 0) is 54.0 Å². The number of methoxy groups -OCH3 is 1. The summed E-state index contributed by atoms with van der Waals surface area (Å²) in [7, 11) is 1.58. The summed E-state index contributed by atoms with van der Waals surface area (Å²) >= 11 is 15.0. The molecule has 2 aromatic carbocycles. The molecule has 218 valence electrons. The number of carbonyl (C=O) groups excluding carboxylic acids is 2. The molecule has 2 aliphatic carbocycles. The van der Waals surface area contributed by atoms with E-state index in [1.54, 1.807) is 37.1 Å². The van der Waals surface area contributed by atoms with E-state index < -0.39 is 24.3 Å². The van der Waals surface area contributed by atoms with E-state index in [-0.39, 0.29) is 52.2 Å². The number of rotatable bonds is 7. The molecule has 2 saturated carbocycles. The molecule has 0 unspecified atom stereocenters. The van der Waals surface area contributed by atoms with E-state index in [0.29, 0.717) is 21.5 Å². The van der Waals surface area contributed by atoms with E-state index in [9.17, 15) is 24.3 Å². The van der Waals surface area contributed by atoms with Gasteiger partial charge in [-0.25, -0.2) is 0 Å². The van der Waals surface area contributed by atoms with Gasteiger partial charge in [0.1, 0.15) is 24.7 Å². The van der Waals surface area contributed by atoms with Gasteiger partial charge in [0.05, 0.1) is 29.0 Å². The predicted octanol–water partition coefficient (Wildman–Crippen LogP) is 4.89. The zero-order valence-corrected chi connectivity index (χ0v) is 25.2. The van der Waals surface area contributed by atoms with Crippen molar-refractivity contribution in [3.05, 3.63) is 72.1 Å². The number of benzene rings is 2. The maximum atomic E-state index is 13.4. The highest BCUT2D eigenvalue weighted by Gasteiger charge is 2.69. The summed E-state index contributed by atoms with van der Waals surface area (Å²) < 4.78 is 11.7. The highest BCUT2D eigenvalue weighted by Crippen LogP contribution is 2.68. The normalized spacial score (nSPS) is 28.9. The van der Waals surface area contributed by atoms with E-state index in [1.807, 2.05) is 18.2 Å². The summed E-state index contributed by atoms with van der Waals surface area (Å²) in [5.74, 6) is -2.33. The number of nitrogens with one attached hydrogen (secondary N) is 1. The van der Waals surface area contributed by atoms with Gasteiger partial charge in [0, 0.05) is 26.6 Å². The Kier molecular flexibility index (Phi) is 6.84. The Morgan fingerprint density at radius 1 is 1.07 bits per heavy atom. The minimum absolute atomic E-state index is 0.00146. The number of hydrogen-bond donors (Lipinski definition) is 2. The maximum Gasteiger partial charge on any atom is 0.323 e. The monoisotopic (exact) mass is 646 g/mol. The van der Waals surface area contributed by atoms with Crippen LogP contribution in [-0.2, 0) is 21.0 Å². The van der Waals surface area contributed by atoms with Crippen LogP contribution >= 0.6 is 46.3 Å². The second-order valence-corrected chi connectivity index (χ2v) is 14.1. The number of carboxylic acid groups (broad SMARTS) is 1. The van der Waals surface area contributed by atoms with Crippen molar-refractivity contribution in [1.29, 1.82) is 0 Å². The number of carboxylic acids is 1. The lowest BCUT2D eigenvalue weighted by Gasteiger charge is -2.43. The molecule has 2 amide bonds. The Labute approximate surface area is 258 Å². The predicted molar refractivity (Wildman–Crippen MR) is 157 cm³/mol. The third-order valence-electron chi connectivity index (χ3n) is 9.06. The third-order valence-corrected chi connectivity index (χ3v) is 12.2. The molecule has 0 radical (unpaired) electrons. The highest BCUT2D eigenvalue weighted by atomic mass is 35.5. The quantitative estimate of drug-likeness (QED) is 0.348. The van der Waals surface area contributed by atoms with Crippen molar-refractivity contribution in [2.75, 3.05) is 13.7 Å². The summed E-state index contributed by atoms with van der Waals surface area (Å²) in [6, 6.07) is 10.9. The molecule has 13 heteroatoms. The van der Waals surface area contributed by atoms with Crippen LogP contribution in [0.25, 0.3) is 0 Å². The molecule has 42 heavy (non-hydrogen) atoms. The Hall–Kier alpha value is -2.99. The first kappa shape index (κ1) is 27.8. The van der Waals surface area contributed by atoms with Crippen LogP contribution < -0.4 is 14.3 Å². The lowest BCUT2D eigenvalue weighted by molar-refractivity contribution is -0.149. The number of imide groups is 1. The van der Waals surface area contributed by atoms with Crippen molar-refractivity contribution in [1.82, 2.24) is 9.88 Å². The first-order chi connectivity index (χ1) is 20.2. The molecule has 7 rings (SSSR count). The van der Waals surface area contributed by atoms with Gasteiger partial charge >= 0.3 is 10.8 Å². The summed E-state index contributed by atoms with van der Waals surface area (Å²) in [6.45, 7) is -0.413. The number of aromatic amines is 1. The Balaban J connectivity index is 1.24. The first-order valence-electron chi connectivity index (χ1n) is 13.4. The average molecular weight is 648 g/mol. The lowest BCUT2D eigenvalue weighted by Crippen LogP contribution is -2.42. The zero-order valence-electron chi connectivity index (χ0n) is 22.0. The number of likely N-dealkylation sites (tertiary alicyclic amines) is 1. The number of aliphatic carboxylic acids is 1. The van der Waals surface area contributed by atoms with Crippen molar-refractivity contribution in [3.8, 4) is 11.5 Å². The van der Waals surface area contributed by atoms with Crippen LogP contribution in [0.1, 0.15) is 28.3 Å². The number of nitrogens with zero attached hydrogens (tertiary/aromatic N) is 1. The van der Waals surface area contributed by atoms with E-state index in [0.717, 1.165) is 32.4 Å². The minimum atomic E-state index is -1.21. The first-order valence-corrected chi connectivity index (χ1v) is 15.8. The van der Waals surface area contributed by atoms with Crippen molar-refractivity contribution in [3.63, 3.8) is 0 Å². The Morgan fingerprint density at radius 2 is 1.83 bits per heavy atom. The molecule has 2 aliphatic heterocycles. The van der Waals surface area contributed by atoms with Crippen LogP contribution in [-0.4, -0.2) is 51.7 Å². The fraction of sp³-hybridized carbons (Fsp3) is 0.379. The molecule has 0 spiro atoms. The molecular formula is C29H24Cl2N2O7S2. The fourth-order valence-corrected chi connectivity index (χ4v) is 10.9. The third kappa shape index (κ3) is 4.27. The van der Waals surface area contributed by atoms with Crippen LogP contribution in [0.4, 0.5) is 0 Å². The van der Waals surface area contributed by atoms with Crippen molar-refractivity contribution < 1.29 is 29.0 Å². The molecule has 3 aromatic rings. The topological polar surface area (TPSA) is 126 Å². The van der Waals surface area contributed by atoms with Crippen LogP contribution in [0, 0.1) is 29.6 Å². The Morgan fingerprint density at radius 3 is 2.55 bits per heavy atom. The minimum Gasteiger partial charge on any atom is -0.496 e. The fourth-order valence-electron chi connectivity index (χ4n) is 7.56. The number of aromatic nitrogens is 1. The lowest BCUT2D eigenvalue weighted by atomic mass is 9.68. The molecule has 1 aromatic heterocycles. The number of amides is 2. The van der Waals surface area contributed by atoms with Gasteiger partial charge in [-0.1, -0.05) is 46.7 Å². The second-order valence-electron chi connectivity index (χ2n) is 11.1. The molecule has 1 saturated heterocycles. The van der Waals surface area contributed by atoms with Crippen LogP contribution in [0.5, 0.6) is 11.5 Å². The smallest absolute Gasteiger partial charge is 0.323 e. The number of hydrogen-bond acceptors (Lipinski definition) is 8. The number of H-pyrrole nitrogens is 1. The molecule has 7 atom stereocenters. The van der Waals surface area contributed by atoms with E-state index in [2.05, 4.69) is 4.98 Å². The summed E-state index contributed by atoms with van der Waals surface area (Å²) in [4.78, 5) is 55.3. The largest absolute Gasteiger partial charge is 0.496 e. The van der Waals surface area contributed by atoms with Gasteiger partial charge in [-0.3, -0.25) is 24.1 Å². The standard InChI is InChI=1S/C29H24Cl2N2O7S2/c1-39-18-6-11(2-3-12(18)10-40-17-5-4-13(30)7-16(17)31)20-21-14-8-15(24(21)41-26-25(20)42-29(38)32-26)23-22(14)27(36)33(28(23)37)9-19(34)35/h2-7,14-15,20-24H,8-10H2,1H3,(H,32,38)(H,34,35)/t14-,15+,20+,21+,22+,23+,24-/m0/s1. The van der Waals surface area contributed by atoms with Gasteiger partial charge in [0.2, 0.25) is 11.8 Å². The number of thiazole rings is 1. The molecule has 2 N–H and O–H groups in total. The number of carbonyl (C=O) groups is 3. The second kappa shape index (κ2) is 10.3. The van der Waals surface area contributed by atoms with Crippen LogP contribution in [0.2, 0.25) is 10.0 Å². The van der Waals surface area contributed by atoms with Gasteiger partial charge in [-0.2, -0.15) is 0 Å². The van der Waals surface area contributed by atoms with Crippen LogP contribution in [0.15, 0.2) is 46.2 Å². The summed E-state index contributed by atoms with van der Waals surface area (Å²) in [5.41, 5.74) is 1.74. The zero-order chi connectivity index (χ0) is 29.4. The van der Waals surface area contributed by atoms with Crippen molar-refractivity contribution >= 4 is 64.1 Å². The number of ether oxygens (including phenoxy) is 2. The molecule has 4 aliphatic rings. The van der Waals surface area contributed by atoms with E-state index in [1.165, 1.54) is 11.3 Å². The van der Waals surface area contributed by atoms with Crippen molar-refractivity contribution in [2.24, 2.45) is 29.6 Å². The summed E-state index contributed by atoms with van der Waals surface area (Å²) in [6.07, 6.45) is 0.719. The highest BCUT2D eigenvalue weighted by molar-refractivity contribution is 8.00. The van der Waals surface area contributed by atoms with E-state index >= 15 is 0 Å². The molecule has 3 heterocycles.